The SMILES string of the molecule is N#Cc1cc(CN)cc(C(F)F)c1S(=O)(=O)Cl. The van der Waals surface area contributed by atoms with Gasteiger partial charge in [-0.2, -0.15) is 5.26 Å². The Labute approximate surface area is 101 Å². The Hall–Kier alpha value is -1.23. The lowest BCUT2D eigenvalue weighted by Crippen LogP contribution is -2.06. The lowest BCUT2D eigenvalue weighted by molar-refractivity contribution is 0.148. The van der Waals surface area contributed by atoms with Crippen LogP contribution in [0.4, 0.5) is 8.78 Å². The van der Waals surface area contributed by atoms with E-state index >= 15 is 0 Å². The maximum Gasteiger partial charge on any atom is 0.265 e. The summed E-state index contributed by atoms with van der Waals surface area (Å²) in [5.74, 6) is 0. The minimum Gasteiger partial charge on any atom is -0.326 e. The summed E-state index contributed by atoms with van der Waals surface area (Å²) in [7, 11) is 0.626. The molecular weight excluding hydrogens is 274 g/mol. The van der Waals surface area contributed by atoms with Gasteiger partial charge in [0.1, 0.15) is 11.0 Å². The number of nitriles is 1. The van der Waals surface area contributed by atoms with Gasteiger partial charge in [0.05, 0.1) is 5.56 Å². The Kier molecular flexibility index (Phi) is 4.03. The molecule has 0 saturated heterocycles. The van der Waals surface area contributed by atoms with Crippen LogP contribution < -0.4 is 5.73 Å². The average Bonchev–Trinajstić information content (AvgIpc) is 2.25. The second kappa shape index (κ2) is 4.96. The van der Waals surface area contributed by atoms with E-state index in [1.54, 1.807) is 0 Å². The smallest absolute Gasteiger partial charge is 0.265 e. The summed E-state index contributed by atoms with van der Waals surface area (Å²) < 4.78 is 47.8. The molecule has 0 atom stereocenters. The molecule has 0 aliphatic carbocycles. The number of alkyl halides is 2. The first kappa shape index (κ1) is 13.8. The third-order valence-electron chi connectivity index (χ3n) is 2.01. The average molecular weight is 281 g/mol. The quantitative estimate of drug-likeness (QED) is 0.857. The van der Waals surface area contributed by atoms with E-state index in [2.05, 4.69) is 0 Å². The van der Waals surface area contributed by atoms with Gasteiger partial charge in [-0.1, -0.05) is 0 Å². The molecule has 0 saturated carbocycles. The fraction of sp³-hybridized carbons (Fsp3) is 0.222. The van der Waals surface area contributed by atoms with E-state index in [1.165, 1.54) is 6.07 Å². The van der Waals surface area contributed by atoms with E-state index in [0.29, 0.717) is 0 Å². The molecule has 0 aliphatic heterocycles. The molecule has 0 radical (unpaired) electrons. The zero-order chi connectivity index (χ0) is 13.2. The topological polar surface area (TPSA) is 83.9 Å². The van der Waals surface area contributed by atoms with Gasteiger partial charge < -0.3 is 5.73 Å². The van der Waals surface area contributed by atoms with E-state index in [9.17, 15) is 17.2 Å². The second-order valence-electron chi connectivity index (χ2n) is 3.12. The van der Waals surface area contributed by atoms with Gasteiger partial charge in [-0.25, -0.2) is 17.2 Å². The van der Waals surface area contributed by atoms with E-state index in [0.717, 1.165) is 12.1 Å². The summed E-state index contributed by atoms with van der Waals surface area (Å²) in [5.41, 5.74) is 4.26. The van der Waals surface area contributed by atoms with Gasteiger partial charge in [0, 0.05) is 22.8 Å². The van der Waals surface area contributed by atoms with Crippen LogP contribution in [0.25, 0.3) is 0 Å². The van der Waals surface area contributed by atoms with Gasteiger partial charge in [0.25, 0.3) is 15.5 Å². The number of halogens is 3. The van der Waals surface area contributed by atoms with Crippen LogP contribution in [0.1, 0.15) is 23.1 Å². The lowest BCUT2D eigenvalue weighted by atomic mass is 10.1. The minimum atomic E-state index is -4.42. The van der Waals surface area contributed by atoms with Crippen LogP contribution in [0.15, 0.2) is 17.0 Å². The summed E-state index contributed by atoms with van der Waals surface area (Å²) in [6, 6.07) is 3.58. The Morgan fingerprint density at radius 2 is 2.06 bits per heavy atom. The number of benzene rings is 1. The summed E-state index contributed by atoms with van der Waals surface area (Å²) in [5, 5.41) is 8.75. The van der Waals surface area contributed by atoms with Crippen molar-refractivity contribution >= 4 is 19.7 Å². The standard InChI is InChI=1S/C9H7ClF2N2O2S/c10-17(15,16)8-6(4-14)1-5(3-13)2-7(8)9(11)12/h1-2,9H,3,13H2. The number of nitrogens with zero attached hydrogens (tertiary/aromatic N) is 1. The Morgan fingerprint density at radius 1 is 1.47 bits per heavy atom. The van der Waals surface area contributed by atoms with Crippen molar-refractivity contribution in [2.45, 2.75) is 17.9 Å². The van der Waals surface area contributed by atoms with E-state index in [4.69, 9.17) is 21.7 Å². The Morgan fingerprint density at radius 3 is 2.41 bits per heavy atom. The predicted octanol–water partition coefficient (Wildman–Crippen LogP) is 1.88. The third kappa shape index (κ3) is 2.91. The van der Waals surface area contributed by atoms with E-state index < -0.39 is 31.5 Å². The van der Waals surface area contributed by atoms with Crippen LogP contribution in [0.3, 0.4) is 0 Å². The van der Waals surface area contributed by atoms with Crippen molar-refractivity contribution in [3.63, 3.8) is 0 Å². The van der Waals surface area contributed by atoms with Gasteiger partial charge in [0.15, 0.2) is 0 Å². The molecule has 1 aromatic rings. The molecule has 8 heteroatoms. The van der Waals surface area contributed by atoms with Crippen LogP contribution in [-0.2, 0) is 15.6 Å². The first-order valence-electron chi connectivity index (χ1n) is 4.31. The summed E-state index contributed by atoms with van der Waals surface area (Å²) in [4.78, 5) is -0.853. The number of rotatable bonds is 3. The second-order valence-corrected chi connectivity index (χ2v) is 5.62. The summed E-state index contributed by atoms with van der Waals surface area (Å²) >= 11 is 0. The minimum absolute atomic E-state index is 0.0863. The van der Waals surface area contributed by atoms with Crippen molar-refractivity contribution in [1.82, 2.24) is 0 Å². The molecule has 0 aliphatic rings. The van der Waals surface area contributed by atoms with Gasteiger partial charge >= 0.3 is 0 Å². The maximum atomic E-state index is 12.7. The number of hydrogen-bond donors (Lipinski definition) is 1. The molecule has 0 unspecified atom stereocenters. The molecule has 1 rings (SSSR count). The van der Waals surface area contributed by atoms with Crippen LogP contribution in [0, 0.1) is 11.3 Å². The van der Waals surface area contributed by atoms with Gasteiger partial charge in [0.2, 0.25) is 0 Å². The van der Waals surface area contributed by atoms with Crippen LogP contribution >= 0.6 is 10.7 Å². The monoisotopic (exact) mass is 280 g/mol. The molecule has 0 bridgehead atoms. The molecule has 2 N–H and O–H groups in total. The molecular formula is C9H7ClF2N2O2S. The first-order valence-corrected chi connectivity index (χ1v) is 6.62. The fourth-order valence-corrected chi connectivity index (χ4v) is 2.66. The zero-order valence-corrected chi connectivity index (χ0v) is 9.89. The van der Waals surface area contributed by atoms with E-state index in [1.807, 2.05) is 0 Å². The summed E-state index contributed by atoms with van der Waals surface area (Å²) in [6.45, 7) is -0.0863. The van der Waals surface area contributed by atoms with Gasteiger partial charge in [-0.05, 0) is 17.7 Å². The predicted molar refractivity (Wildman–Crippen MR) is 57.0 cm³/mol. The molecule has 17 heavy (non-hydrogen) atoms. The highest BCUT2D eigenvalue weighted by molar-refractivity contribution is 8.13. The van der Waals surface area contributed by atoms with Crippen molar-refractivity contribution < 1.29 is 17.2 Å². The maximum absolute atomic E-state index is 12.7. The van der Waals surface area contributed by atoms with Crippen molar-refractivity contribution in [2.24, 2.45) is 5.73 Å². The summed E-state index contributed by atoms with van der Waals surface area (Å²) in [6.07, 6.45) is -3.06. The molecule has 0 spiro atoms. The highest BCUT2D eigenvalue weighted by Gasteiger charge is 2.26. The van der Waals surface area contributed by atoms with Crippen molar-refractivity contribution in [3.8, 4) is 6.07 Å². The molecule has 0 heterocycles. The highest BCUT2D eigenvalue weighted by atomic mass is 35.7. The number of hydrogen-bond acceptors (Lipinski definition) is 4. The van der Waals surface area contributed by atoms with Crippen molar-refractivity contribution in [2.75, 3.05) is 0 Å². The molecule has 0 aromatic heterocycles. The normalized spacial score (nSPS) is 11.5. The Balaban J connectivity index is 3.73. The highest BCUT2D eigenvalue weighted by Crippen LogP contribution is 2.32. The van der Waals surface area contributed by atoms with Crippen LogP contribution in [0.5, 0.6) is 0 Å². The fourth-order valence-electron chi connectivity index (χ4n) is 1.35. The van der Waals surface area contributed by atoms with Crippen molar-refractivity contribution in [1.29, 1.82) is 5.26 Å². The lowest BCUT2D eigenvalue weighted by Gasteiger charge is -2.10. The Bertz CT molecular complexity index is 581. The van der Waals surface area contributed by atoms with Gasteiger partial charge in [-0.3, -0.25) is 0 Å². The molecule has 92 valence electrons. The van der Waals surface area contributed by atoms with Crippen LogP contribution in [-0.4, -0.2) is 8.42 Å². The van der Waals surface area contributed by atoms with Gasteiger partial charge in [-0.15, -0.1) is 0 Å². The third-order valence-corrected chi connectivity index (χ3v) is 3.42. The molecule has 1 aromatic carbocycles. The van der Waals surface area contributed by atoms with Crippen molar-refractivity contribution in [3.05, 3.63) is 28.8 Å². The zero-order valence-electron chi connectivity index (χ0n) is 8.32. The largest absolute Gasteiger partial charge is 0.326 e. The van der Waals surface area contributed by atoms with E-state index in [-0.39, 0.29) is 12.1 Å². The molecule has 0 fully saturated rings. The number of nitrogens with two attached hydrogens (primary N) is 1. The molecule has 4 nitrogen and oxygen atoms in total. The van der Waals surface area contributed by atoms with Crippen LogP contribution in [0.2, 0.25) is 0 Å². The molecule has 0 amide bonds. The first-order chi connectivity index (χ1) is 7.81.